The van der Waals surface area contributed by atoms with Crippen molar-refractivity contribution in [3.05, 3.63) is 16.9 Å². The number of rotatable bonds is 6. The Morgan fingerprint density at radius 3 is 2.74 bits per heavy atom. The molecular formula is C16H27NO6. The van der Waals surface area contributed by atoms with E-state index in [2.05, 4.69) is 0 Å². The molecule has 0 amide bonds. The Morgan fingerprint density at radius 1 is 1.52 bits per heavy atom. The van der Waals surface area contributed by atoms with Gasteiger partial charge in [0.05, 0.1) is 19.2 Å². The molecule has 2 N–H and O–H groups in total. The summed E-state index contributed by atoms with van der Waals surface area (Å²) in [6, 6.07) is -0.560. The second-order valence-corrected chi connectivity index (χ2v) is 6.87. The van der Waals surface area contributed by atoms with Gasteiger partial charge in [0.2, 0.25) is 0 Å². The standard InChI is InChI=1S/C16H27NO6/c1-10(2)16(20,11(3)22-4)15(19)23-9-12-5-7-17(21)8-6-13(18)14(12)17/h5,10-11,13-14,18,20H,6-9H2,1-4H3/t11-,13+,14-,16-,17?/m1/s1. The molecule has 0 bridgehead atoms. The molecule has 23 heavy (non-hydrogen) atoms. The van der Waals surface area contributed by atoms with E-state index in [4.69, 9.17) is 9.47 Å². The van der Waals surface area contributed by atoms with Gasteiger partial charge >= 0.3 is 5.97 Å². The van der Waals surface area contributed by atoms with Crippen molar-refractivity contribution in [1.82, 2.24) is 0 Å². The molecule has 0 saturated carbocycles. The molecule has 1 saturated heterocycles. The Balaban J connectivity index is 2.04. The molecule has 0 radical (unpaired) electrons. The van der Waals surface area contributed by atoms with Crippen LogP contribution in [0.5, 0.6) is 0 Å². The zero-order chi connectivity index (χ0) is 17.4. The zero-order valence-corrected chi connectivity index (χ0v) is 14.2. The molecular weight excluding hydrogens is 302 g/mol. The summed E-state index contributed by atoms with van der Waals surface area (Å²) in [6.45, 7) is 5.61. The zero-order valence-electron chi connectivity index (χ0n) is 14.2. The van der Waals surface area contributed by atoms with E-state index in [1.807, 2.05) is 0 Å². The van der Waals surface area contributed by atoms with E-state index in [9.17, 15) is 20.2 Å². The third kappa shape index (κ3) is 3.04. The monoisotopic (exact) mass is 329 g/mol. The molecule has 7 heteroatoms. The van der Waals surface area contributed by atoms with Crippen LogP contribution < -0.4 is 0 Å². The van der Waals surface area contributed by atoms with Crippen LogP contribution in [0.4, 0.5) is 0 Å². The fourth-order valence-corrected chi connectivity index (χ4v) is 3.57. The molecule has 5 atom stereocenters. The minimum atomic E-state index is -1.76. The summed E-state index contributed by atoms with van der Waals surface area (Å²) in [6.07, 6.45) is 0.762. The first-order chi connectivity index (χ1) is 10.7. The van der Waals surface area contributed by atoms with Crippen LogP contribution in [-0.4, -0.2) is 71.5 Å². The lowest BCUT2D eigenvalue weighted by Gasteiger charge is -2.40. The Kier molecular flexibility index (Phi) is 5.18. The Bertz CT molecular complexity index is 493. The number of ether oxygens (including phenoxy) is 2. The Morgan fingerprint density at radius 2 is 2.17 bits per heavy atom. The molecule has 2 rings (SSSR count). The third-order valence-corrected chi connectivity index (χ3v) is 5.27. The van der Waals surface area contributed by atoms with Gasteiger partial charge in [-0.3, -0.25) is 0 Å². The van der Waals surface area contributed by atoms with E-state index in [-0.39, 0.29) is 13.2 Å². The van der Waals surface area contributed by atoms with E-state index in [1.54, 1.807) is 26.8 Å². The van der Waals surface area contributed by atoms with Gasteiger partial charge in [-0.2, -0.15) is 0 Å². The lowest BCUT2D eigenvalue weighted by Crippen LogP contribution is -2.54. The number of carbonyl (C=O) groups excluding carboxylic acids is 1. The average molecular weight is 329 g/mol. The van der Waals surface area contributed by atoms with Crippen LogP contribution in [-0.2, 0) is 14.3 Å². The molecule has 2 aliphatic rings. The third-order valence-electron chi connectivity index (χ3n) is 5.27. The number of carbonyl (C=O) groups is 1. The highest BCUT2D eigenvalue weighted by Gasteiger charge is 2.49. The number of quaternary nitrogens is 1. The van der Waals surface area contributed by atoms with E-state index >= 15 is 0 Å². The highest BCUT2D eigenvalue weighted by molar-refractivity contribution is 5.80. The van der Waals surface area contributed by atoms with E-state index in [0.29, 0.717) is 18.5 Å². The second-order valence-electron chi connectivity index (χ2n) is 6.87. The van der Waals surface area contributed by atoms with Crippen LogP contribution in [0.15, 0.2) is 11.6 Å². The van der Waals surface area contributed by atoms with Crippen molar-refractivity contribution < 1.29 is 29.1 Å². The SMILES string of the molecule is CO[C@H](C)[C@@](O)(C(=O)OCC1=CC[N+]2([O-])CC[C@H](O)[C@@H]12)C(C)C. The van der Waals surface area contributed by atoms with Crippen molar-refractivity contribution in [2.75, 3.05) is 26.8 Å². The van der Waals surface area contributed by atoms with Crippen LogP contribution >= 0.6 is 0 Å². The maximum absolute atomic E-state index is 12.5. The number of hydrogen-bond donors (Lipinski definition) is 2. The molecule has 2 aliphatic heterocycles. The molecule has 1 fully saturated rings. The molecule has 0 spiro atoms. The van der Waals surface area contributed by atoms with Crippen molar-refractivity contribution in [3.8, 4) is 0 Å². The number of methoxy groups -OCH3 is 1. The number of nitrogens with zero attached hydrogens (tertiary/aromatic N) is 1. The van der Waals surface area contributed by atoms with Gasteiger partial charge in [-0.05, 0) is 18.9 Å². The number of esters is 1. The van der Waals surface area contributed by atoms with E-state index in [0.717, 1.165) is 0 Å². The summed E-state index contributed by atoms with van der Waals surface area (Å²) in [5.74, 6) is -1.17. The van der Waals surface area contributed by atoms with Crippen molar-refractivity contribution in [1.29, 1.82) is 0 Å². The van der Waals surface area contributed by atoms with Gasteiger partial charge in [-0.1, -0.05) is 13.8 Å². The van der Waals surface area contributed by atoms with Gasteiger partial charge in [0, 0.05) is 19.1 Å². The summed E-state index contributed by atoms with van der Waals surface area (Å²) >= 11 is 0. The first-order valence-electron chi connectivity index (χ1n) is 8.04. The van der Waals surface area contributed by atoms with Gasteiger partial charge in [0.15, 0.2) is 5.60 Å². The first kappa shape index (κ1) is 18.4. The molecule has 132 valence electrons. The summed E-state index contributed by atoms with van der Waals surface area (Å²) in [7, 11) is 1.42. The quantitative estimate of drug-likeness (QED) is 0.315. The molecule has 7 nitrogen and oxygen atoms in total. The number of aliphatic hydroxyl groups is 2. The van der Waals surface area contributed by atoms with Gasteiger partial charge < -0.3 is 29.5 Å². The van der Waals surface area contributed by atoms with Gasteiger partial charge in [0.1, 0.15) is 18.8 Å². The summed E-state index contributed by atoms with van der Waals surface area (Å²) in [5, 5.41) is 33.2. The molecule has 2 heterocycles. The summed E-state index contributed by atoms with van der Waals surface area (Å²) in [5.41, 5.74) is -1.12. The van der Waals surface area contributed by atoms with Crippen LogP contribution in [0.25, 0.3) is 0 Å². The van der Waals surface area contributed by atoms with Crippen molar-refractivity contribution >= 4 is 5.97 Å². The van der Waals surface area contributed by atoms with Crippen molar-refractivity contribution in [2.45, 2.75) is 51.0 Å². The maximum atomic E-state index is 12.5. The smallest absolute Gasteiger partial charge is 0.341 e. The van der Waals surface area contributed by atoms with Crippen LogP contribution in [0.2, 0.25) is 0 Å². The van der Waals surface area contributed by atoms with Crippen molar-refractivity contribution in [3.63, 3.8) is 0 Å². The number of fused-ring (bicyclic) bond motifs is 1. The topological polar surface area (TPSA) is 99.1 Å². The predicted molar refractivity (Wildman–Crippen MR) is 83.1 cm³/mol. The molecule has 0 aromatic carbocycles. The van der Waals surface area contributed by atoms with Crippen molar-refractivity contribution in [2.24, 2.45) is 5.92 Å². The summed E-state index contributed by atoms with van der Waals surface area (Å²) in [4.78, 5) is 12.4. The molecule has 0 aromatic heterocycles. The highest BCUT2D eigenvalue weighted by Crippen LogP contribution is 2.36. The van der Waals surface area contributed by atoms with Gasteiger partial charge in [-0.25, -0.2) is 4.79 Å². The van der Waals surface area contributed by atoms with E-state index < -0.39 is 40.4 Å². The average Bonchev–Trinajstić information content (AvgIpc) is 2.99. The predicted octanol–water partition coefficient (Wildman–Crippen LogP) is 0.339. The number of hydroxylamine groups is 3. The lowest BCUT2D eigenvalue weighted by atomic mass is 9.85. The highest BCUT2D eigenvalue weighted by atomic mass is 16.6. The van der Waals surface area contributed by atoms with E-state index in [1.165, 1.54) is 7.11 Å². The Hall–Kier alpha value is -0.990. The van der Waals surface area contributed by atoms with Crippen LogP contribution in [0.3, 0.4) is 0 Å². The molecule has 0 aliphatic carbocycles. The van der Waals surface area contributed by atoms with Crippen LogP contribution in [0.1, 0.15) is 27.2 Å². The summed E-state index contributed by atoms with van der Waals surface area (Å²) < 4.78 is 9.92. The fraction of sp³-hybridized carbons (Fsp3) is 0.812. The molecule has 1 unspecified atom stereocenters. The normalized spacial score (nSPS) is 34.0. The fourth-order valence-electron chi connectivity index (χ4n) is 3.57. The minimum absolute atomic E-state index is 0.0890. The minimum Gasteiger partial charge on any atom is -0.632 e. The largest absolute Gasteiger partial charge is 0.632 e. The Labute approximate surface area is 136 Å². The maximum Gasteiger partial charge on any atom is 0.341 e. The lowest BCUT2D eigenvalue weighted by molar-refractivity contribution is -0.877. The van der Waals surface area contributed by atoms with Crippen LogP contribution in [0, 0.1) is 11.1 Å². The molecule has 0 aromatic rings. The van der Waals surface area contributed by atoms with Gasteiger partial charge in [0.25, 0.3) is 0 Å². The van der Waals surface area contributed by atoms with Gasteiger partial charge in [-0.15, -0.1) is 0 Å². The number of aliphatic hydroxyl groups excluding tert-OH is 1. The first-order valence-corrected chi connectivity index (χ1v) is 8.04. The second kappa shape index (κ2) is 6.49. The number of hydrogen-bond acceptors (Lipinski definition) is 6.